The summed E-state index contributed by atoms with van der Waals surface area (Å²) in [4.78, 5) is 52.1. The number of benzene rings is 2. The first-order valence-electron chi connectivity index (χ1n) is 11.0. The molecule has 0 fully saturated rings. The van der Waals surface area contributed by atoms with E-state index in [0.717, 1.165) is 0 Å². The number of hydrogen-bond donors (Lipinski definition) is 2. The third-order valence-electron chi connectivity index (χ3n) is 4.45. The number of nitrogens with two attached hydrogens (primary N) is 2. The van der Waals surface area contributed by atoms with Gasteiger partial charge in [-0.15, -0.1) is 0 Å². The molecule has 35 heavy (non-hydrogen) atoms. The molecular formula is C26H32N2O7. The summed E-state index contributed by atoms with van der Waals surface area (Å²) < 4.78 is 15.8. The standard InChI is InChI=1S/C26H32N2O7/c1-25(2,3)34-23(31)19(15-9-7-11-17(27)13-15)21(29)33-22(30)20(24(32)35-26(4,5)6)16-10-8-12-18(28)14-16/h7-14,19-20H,27-28H2,1-6H3. The van der Waals surface area contributed by atoms with E-state index in [1.807, 2.05) is 0 Å². The summed E-state index contributed by atoms with van der Waals surface area (Å²) in [5.41, 5.74) is 10.7. The van der Waals surface area contributed by atoms with Gasteiger partial charge in [0.25, 0.3) is 0 Å². The molecule has 9 heteroatoms. The Morgan fingerprint density at radius 1 is 0.629 bits per heavy atom. The van der Waals surface area contributed by atoms with Gasteiger partial charge in [0.1, 0.15) is 11.2 Å². The molecule has 2 rings (SSSR count). The van der Waals surface area contributed by atoms with Crippen molar-refractivity contribution in [2.24, 2.45) is 0 Å². The van der Waals surface area contributed by atoms with Crippen LogP contribution in [0.1, 0.15) is 64.5 Å². The molecule has 188 valence electrons. The summed E-state index contributed by atoms with van der Waals surface area (Å²) >= 11 is 0. The third kappa shape index (κ3) is 8.13. The minimum atomic E-state index is -1.61. The highest BCUT2D eigenvalue weighted by atomic mass is 16.6. The first kappa shape index (κ1) is 27.4. The van der Waals surface area contributed by atoms with Gasteiger partial charge in [-0.05, 0) is 76.9 Å². The predicted octanol–water partition coefficient (Wildman–Crippen LogP) is 3.47. The van der Waals surface area contributed by atoms with Crippen molar-refractivity contribution >= 4 is 35.3 Å². The van der Waals surface area contributed by atoms with E-state index in [9.17, 15) is 19.2 Å². The Morgan fingerprint density at radius 3 is 1.26 bits per heavy atom. The van der Waals surface area contributed by atoms with Crippen LogP contribution in [0.4, 0.5) is 11.4 Å². The number of ether oxygens (including phenoxy) is 3. The van der Waals surface area contributed by atoms with E-state index in [0.29, 0.717) is 11.4 Å². The second kappa shape index (κ2) is 10.6. The molecule has 4 N–H and O–H groups in total. The molecule has 9 nitrogen and oxygen atoms in total. The van der Waals surface area contributed by atoms with Crippen molar-refractivity contribution in [3.63, 3.8) is 0 Å². The van der Waals surface area contributed by atoms with Crippen LogP contribution in [0.2, 0.25) is 0 Å². The first-order valence-corrected chi connectivity index (χ1v) is 11.0. The number of nitrogen functional groups attached to an aromatic ring is 2. The SMILES string of the molecule is CC(C)(C)OC(=O)C(C(=O)OC(=O)C(C(=O)OC(C)(C)C)c1cccc(N)c1)c1cccc(N)c1. The zero-order chi connectivity index (χ0) is 26.6. The van der Waals surface area contributed by atoms with Gasteiger partial charge in [-0.1, -0.05) is 24.3 Å². The van der Waals surface area contributed by atoms with Crippen molar-refractivity contribution in [3.05, 3.63) is 59.7 Å². The highest BCUT2D eigenvalue weighted by Crippen LogP contribution is 2.28. The van der Waals surface area contributed by atoms with Gasteiger partial charge in [-0.3, -0.25) is 19.2 Å². The second-order valence-electron chi connectivity index (χ2n) is 10.0. The quantitative estimate of drug-likeness (QED) is 0.272. The van der Waals surface area contributed by atoms with Gasteiger partial charge in [0, 0.05) is 11.4 Å². The Hall–Kier alpha value is -3.88. The van der Waals surface area contributed by atoms with Crippen molar-refractivity contribution in [1.82, 2.24) is 0 Å². The van der Waals surface area contributed by atoms with Crippen molar-refractivity contribution in [2.45, 2.75) is 64.6 Å². The van der Waals surface area contributed by atoms with Crippen molar-refractivity contribution < 1.29 is 33.4 Å². The maximum Gasteiger partial charge on any atom is 0.332 e. The van der Waals surface area contributed by atoms with Crippen molar-refractivity contribution in [1.29, 1.82) is 0 Å². The van der Waals surface area contributed by atoms with Gasteiger partial charge in [0.2, 0.25) is 0 Å². The fourth-order valence-electron chi connectivity index (χ4n) is 3.15. The molecule has 0 aliphatic rings. The van der Waals surface area contributed by atoms with Crippen molar-refractivity contribution in [2.75, 3.05) is 11.5 Å². The number of hydrogen-bond acceptors (Lipinski definition) is 9. The van der Waals surface area contributed by atoms with E-state index in [4.69, 9.17) is 25.7 Å². The molecular weight excluding hydrogens is 452 g/mol. The van der Waals surface area contributed by atoms with Gasteiger partial charge >= 0.3 is 23.9 Å². The molecule has 2 unspecified atom stereocenters. The van der Waals surface area contributed by atoms with Crippen LogP contribution in [0.3, 0.4) is 0 Å². The normalized spacial score (nSPS) is 13.3. The molecule has 0 bridgehead atoms. The Balaban J connectivity index is 2.43. The molecule has 0 heterocycles. The predicted molar refractivity (Wildman–Crippen MR) is 130 cm³/mol. The average Bonchev–Trinajstić information content (AvgIpc) is 2.65. The maximum atomic E-state index is 13.1. The van der Waals surface area contributed by atoms with Crippen LogP contribution in [0, 0.1) is 0 Å². The molecule has 0 aliphatic carbocycles. The molecule has 0 radical (unpaired) electrons. The minimum absolute atomic E-state index is 0.176. The summed E-state index contributed by atoms with van der Waals surface area (Å²) in [7, 11) is 0. The summed E-state index contributed by atoms with van der Waals surface area (Å²) in [5, 5.41) is 0. The van der Waals surface area contributed by atoms with Gasteiger partial charge < -0.3 is 25.7 Å². The number of carbonyl (C=O) groups excluding carboxylic acids is 4. The van der Waals surface area contributed by atoms with Crippen LogP contribution < -0.4 is 11.5 Å². The lowest BCUT2D eigenvalue weighted by atomic mass is 9.97. The average molecular weight is 485 g/mol. The topological polar surface area (TPSA) is 148 Å². The molecule has 0 saturated heterocycles. The van der Waals surface area contributed by atoms with Crippen LogP contribution in [0.5, 0.6) is 0 Å². The van der Waals surface area contributed by atoms with Gasteiger partial charge in [0.05, 0.1) is 0 Å². The Labute approximate surface area is 204 Å². The molecule has 0 spiro atoms. The zero-order valence-electron chi connectivity index (χ0n) is 20.8. The Kier molecular flexibility index (Phi) is 8.28. The lowest BCUT2D eigenvalue weighted by Gasteiger charge is -2.25. The number of anilines is 2. The molecule has 0 amide bonds. The van der Waals surface area contributed by atoms with Gasteiger partial charge in [0.15, 0.2) is 11.8 Å². The smallest absolute Gasteiger partial charge is 0.332 e. The number of rotatable bonds is 6. The molecule has 2 aromatic carbocycles. The van der Waals surface area contributed by atoms with Gasteiger partial charge in [-0.25, -0.2) is 0 Å². The van der Waals surface area contributed by atoms with Crippen LogP contribution in [-0.2, 0) is 33.4 Å². The Bertz CT molecular complexity index is 1030. The Morgan fingerprint density at radius 2 is 0.971 bits per heavy atom. The molecule has 0 aliphatic heterocycles. The molecule has 2 atom stereocenters. The summed E-state index contributed by atoms with van der Waals surface area (Å²) in [6.45, 7) is 9.81. The van der Waals surface area contributed by atoms with E-state index < -0.39 is 46.9 Å². The van der Waals surface area contributed by atoms with Gasteiger partial charge in [-0.2, -0.15) is 0 Å². The summed E-state index contributed by atoms with van der Waals surface area (Å²) in [6.07, 6.45) is 0. The third-order valence-corrected chi connectivity index (χ3v) is 4.45. The number of carbonyl (C=O) groups is 4. The van der Waals surface area contributed by atoms with E-state index in [1.54, 1.807) is 65.8 Å². The summed E-state index contributed by atoms with van der Waals surface area (Å²) in [6, 6.07) is 12.0. The number of esters is 4. The molecule has 0 aromatic heterocycles. The highest BCUT2D eigenvalue weighted by Gasteiger charge is 2.40. The molecule has 0 saturated carbocycles. The largest absolute Gasteiger partial charge is 0.459 e. The fourth-order valence-corrected chi connectivity index (χ4v) is 3.15. The van der Waals surface area contributed by atoms with Crippen LogP contribution in [0.25, 0.3) is 0 Å². The first-order chi connectivity index (χ1) is 16.1. The van der Waals surface area contributed by atoms with E-state index >= 15 is 0 Å². The second-order valence-corrected chi connectivity index (χ2v) is 10.0. The van der Waals surface area contributed by atoms with Crippen LogP contribution >= 0.6 is 0 Å². The fraction of sp³-hybridized carbons (Fsp3) is 0.385. The minimum Gasteiger partial charge on any atom is -0.459 e. The monoisotopic (exact) mass is 484 g/mol. The lowest BCUT2D eigenvalue weighted by molar-refractivity contribution is -0.172. The van der Waals surface area contributed by atoms with Crippen molar-refractivity contribution in [3.8, 4) is 0 Å². The highest BCUT2D eigenvalue weighted by molar-refractivity contribution is 6.09. The van der Waals surface area contributed by atoms with E-state index in [-0.39, 0.29) is 11.1 Å². The van der Waals surface area contributed by atoms with E-state index in [2.05, 4.69) is 0 Å². The summed E-state index contributed by atoms with van der Waals surface area (Å²) in [5.74, 6) is -7.51. The van der Waals surface area contributed by atoms with E-state index in [1.165, 1.54) is 24.3 Å². The van der Waals surface area contributed by atoms with Crippen LogP contribution in [0.15, 0.2) is 48.5 Å². The zero-order valence-corrected chi connectivity index (χ0v) is 20.8. The maximum absolute atomic E-state index is 13.1. The van der Waals surface area contributed by atoms with Crippen LogP contribution in [-0.4, -0.2) is 35.1 Å². The lowest BCUT2D eigenvalue weighted by Crippen LogP contribution is -2.36. The molecule has 2 aromatic rings.